The number of oxazole rings is 1. The molecule has 0 spiro atoms. The van der Waals surface area contributed by atoms with Crippen molar-refractivity contribution in [3.05, 3.63) is 18.4 Å². The molecule has 0 aliphatic rings. The van der Waals surface area contributed by atoms with E-state index < -0.39 is 5.97 Å². The van der Waals surface area contributed by atoms with Crippen LogP contribution < -0.4 is 0 Å². The molecular formula is C7H6N4O3. The number of rotatable bonds is 2. The smallest absolute Gasteiger partial charge is 0.361 e. The summed E-state index contributed by atoms with van der Waals surface area (Å²) in [5.41, 5.74) is 0.825. The molecule has 0 saturated carbocycles. The van der Waals surface area contributed by atoms with Crippen LogP contribution in [0.2, 0.25) is 0 Å². The summed E-state index contributed by atoms with van der Waals surface area (Å²) in [5, 5.41) is 9.74. The molecule has 2 rings (SSSR count). The van der Waals surface area contributed by atoms with Crippen molar-refractivity contribution in [3.63, 3.8) is 0 Å². The molecule has 0 amide bonds. The van der Waals surface area contributed by atoms with E-state index in [4.69, 9.17) is 4.42 Å². The molecule has 0 aliphatic carbocycles. The number of nitrogens with zero attached hydrogens (tertiary/aromatic N) is 3. The fourth-order valence-corrected chi connectivity index (χ4v) is 0.978. The van der Waals surface area contributed by atoms with Crippen LogP contribution in [0.1, 0.15) is 10.5 Å². The second-order valence-electron chi connectivity index (χ2n) is 2.39. The van der Waals surface area contributed by atoms with Crippen LogP contribution in [-0.2, 0) is 4.74 Å². The Morgan fingerprint density at radius 3 is 3.07 bits per heavy atom. The maximum absolute atomic E-state index is 11.2. The quantitative estimate of drug-likeness (QED) is 0.688. The molecule has 7 nitrogen and oxygen atoms in total. The van der Waals surface area contributed by atoms with Gasteiger partial charge in [-0.25, -0.2) is 9.78 Å². The zero-order valence-electron chi connectivity index (χ0n) is 7.22. The van der Waals surface area contributed by atoms with Crippen molar-refractivity contribution in [2.24, 2.45) is 0 Å². The number of methoxy groups -OCH3 is 1. The fraction of sp³-hybridized carbons (Fsp3) is 0.143. The van der Waals surface area contributed by atoms with Gasteiger partial charge in [-0.3, -0.25) is 0 Å². The summed E-state index contributed by atoms with van der Waals surface area (Å²) in [6, 6.07) is 0. The Kier molecular flexibility index (Phi) is 1.98. The summed E-state index contributed by atoms with van der Waals surface area (Å²) < 4.78 is 9.28. The number of nitrogens with one attached hydrogen (secondary N) is 1. The highest BCUT2D eigenvalue weighted by molar-refractivity contribution is 5.93. The average molecular weight is 194 g/mol. The average Bonchev–Trinajstić information content (AvgIpc) is 2.85. The molecule has 7 heteroatoms. The number of carbonyl (C=O) groups is 1. The van der Waals surface area contributed by atoms with Gasteiger partial charge in [0.15, 0.2) is 12.1 Å². The molecule has 0 atom stereocenters. The minimum Gasteiger partial charge on any atom is -0.464 e. The molecule has 0 bridgehead atoms. The van der Waals surface area contributed by atoms with Crippen molar-refractivity contribution in [2.45, 2.75) is 0 Å². The Morgan fingerprint density at radius 2 is 2.43 bits per heavy atom. The van der Waals surface area contributed by atoms with Crippen LogP contribution in [-0.4, -0.2) is 33.5 Å². The second kappa shape index (κ2) is 3.29. The first-order chi connectivity index (χ1) is 6.83. The fourth-order valence-electron chi connectivity index (χ4n) is 0.978. The van der Waals surface area contributed by atoms with E-state index in [-0.39, 0.29) is 5.69 Å². The largest absolute Gasteiger partial charge is 0.464 e. The van der Waals surface area contributed by atoms with E-state index in [1.165, 1.54) is 19.8 Å². The van der Waals surface area contributed by atoms with Crippen LogP contribution in [0.3, 0.4) is 0 Å². The van der Waals surface area contributed by atoms with Crippen LogP contribution in [0.4, 0.5) is 0 Å². The van der Waals surface area contributed by atoms with Gasteiger partial charge in [-0.2, -0.15) is 10.3 Å². The molecule has 0 saturated heterocycles. The number of aromatic amines is 1. The predicted molar refractivity (Wildman–Crippen MR) is 43.2 cm³/mol. The lowest BCUT2D eigenvalue weighted by molar-refractivity contribution is 0.0595. The second-order valence-corrected chi connectivity index (χ2v) is 2.39. The number of ether oxygens (including phenoxy) is 1. The van der Waals surface area contributed by atoms with Gasteiger partial charge >= 0.3 is 5.97 Å². The Balaban J connectivity index is 2.45. The molecule has 2 aromatic heterocycles. The van der Waals surface area contributed by atoms with Gasteiger partial charge in [-0.15, -0.1) is 5.10 Å². The van der Waals surface area contributed by atoms with E-state index >= 15 is 0 Å². The summed E-state index contributed by atoms with van der Waals surface area (Å²) in [6.07, 6.45) is 2.61. The molecule has 0 fully saturated rings. The monoisotopic (exact) mass is 194 g/mol. The number of hydrogen-bond acceptors (Lipinski definition) is 6. The highest BCUT2D eigenvalue weighted by atomic mass is 16.5. The minimum atomic E-state index is -0.572. The summed E-state index contributed by atoms with van der Waals surface area (Å²) in [7, 11) is 1.27. The van der Waals surface area contributed by atoms with Crippen LogP contribution in [0.25, 0.3) is 11.4 Å². The zero-order valence-corrected chi connectivity index (χ0v) is 7.22. The molecule has 0 radical (unpaired) electrons. The third-order valence-corrected chi connectivity index (χ3v) is 1.60. The van der Waals surface area contributed by atoms with E-state index in [9.17, 15) is 4.79 Å². The Hall–Kier alpha value is -2.18. The number of H-pyrrole nitrogens is 1. The number of hydrogen-bond donors (Lipinski definition) is 1. The summed E-state index contributed by atoms with van der Waals surface area (Å²) >= 11 is 0. The van der Waals surface area contributed by atoms with Crippen molar-refractivity contribution in [1.29, 1.82) is 0 Å². The van der Waals surface area contributed by atoms with Gasteiger partial charge in [-0.1, -0.05) is 0 Å². The van der Waals surface area contributed by atoms with Crippen LogP contribution in [0, 0.1) is 0 Å². The Labute approximate surface area is 78.1 Å². The van der Waals surface area contributed by atoms with Crippen molar-refractivity contribution >= 4 is 5.97 Å². The predicted octanol–water partition coefficient (Wildman–Crippen LogP) is 0.246. The maximum atomic E-state index is 11.2. The highest BCUT2D eigenvalue weighted by Gasteiger charge is 2.19. The Bertz CT molecular complexity index is 433. The first-order valence-corrected chi connectivity index (χ1v) is 3.70. The molecule has 72 valence electrons. The van der Waals surface area contributed by atoms with Crippen LogP contribution in [0.5, 0.6) is 0 Å². The molecule has 0 unspecified atom stereocenters. The van der Waals surface area contributed by atoms with Crippen LogP contribution >= 0.6 is 0 Å². The Morgan fingerprint density at radius 1 is 1.57 bits per heavy atom. The lowest BCUT2D eigenvalue weighted by Crippen LogP contribution is -2.03. The molecule has 14 heavy (non-hydrogen) atoms. The third-order valence-electron chi connectivity index (χ3n) is 1.60. The molecule has 0 aromatic carbocycles. The first kappa shape index (κ1) is 8.42. The van der Waals surface area contributed by atoms with Gasteiger partial charge in [0, 0.05) is 0 Å². The highest BCUT2D eigenvalue weighted by Crippen LogP contribution is 2.17. The first-order valence-electron chi connectivity index (χ1n) is 3.70. The van der Waals surface area contributed by atoms with Crippen molar-refractivity contribution in [2.75, 3.05) is 7.11 Å². The van der Waals surface area contributed by atoms with Gasteiger partial charge in [0.2, 0.25) is 0 Å². The molecular weight excluding hydrogens is 188 g/mol. The van der Waals surface area contributed by atoms with Gasteiger partial charge in [-0.05, 0) is 0 Å². The molecule has 1 N–H and O–H groups in total. The zero-order chi connectivity index (χ0) is 9.97. The standard InChI is InChI=1S/C7H6N4O3/c1-13-7(12)6-5(9-11-10-6)4-2-14-3-8-4/h2-3H,1H3,(H,9,10,11). The molecule has 0 aliphatic heterocycles. The lowest BCUT2D eigenvalue weighted by atomic mass is 10.2. The molecule has 2 heterocycles. The van der Waals surface area contributed by atoms with Crippen molar-refractivity contribution in [3.8, 4) is 11.4 Å². The summed E-state index contributed by atoms with van der Waals surface area (Å²) in [4.78, 5) is 15.0. The van der Waals surface area contributed by atoms with E-state index in [2.05, 4.69) is 25.1 Å². The summed E-state index contributed by atoms with van der Waals surface area (Å²) in [5.74, 6) is -0.572. The van der Waals surface area contributed by atoms with E-state index in [1.807, 2.05) is 0 Å². The van der Waals surface area contributed by atoms with Crippen LogP contribution in [0.15, 0.2) is 17.1 Å². The van der Waals surface area contributed by atoms with Gasteiger partial charge < -0.3 is 9.15 Å². The maximum Gasteiger partial charge on any atom is 0.361 e. The van der Waals surface area contributed by atoms with Gasteiger partial charge in [0.25, 0.3) is 0 Å². The topological polar surface area (TPSA) is 93.9 Å². The lowest BCUT2D eigenvalue weighted by Gasteiger charge is -1.93. The summed E-state index contributed by atoms with van der Waals surface area (Å²) in [6.45, 7) is 0. The number of carbonyl (C=O) groups excluding carboxylic acids is 1. The van der Waals surface area contributed by atoms with E-state index in [0.29, 0.717) is 11.4 Å². The van der Waals surface area contributed by atoms with Gasteiger partial charge in [0.05, 0.1) is 7.11 Å². The normalized spacial score (nSPS) is 10.1. The SMILES string of the molecule is COC(=O)c1n[nH]nc1-c1cocn1. The number of aromatic nitrogens is 4. The van der Waals surface area contributed by atoms with Crippen molar-refractivity contribution < 1.29 is 13.9 Å². The molecule has 2 aromatic rings. The van der Waals surface area contributed by atoms with E-state index in [1.54, 1.807) is 0 Å². The number of esters is 1. The minimum absolute atomic E-state index is 0.0846. The van der Waals surface area contributed by atoms with Crippen molar-refractivity contribution in [1.82, 2.24) is 20.4 Å². The van der Waals surface area contributed by atoms with E-state index in [0.717, 1.165) is 0 Å². The third kappa shape index (κ3) is 1.24. The van der Waals surface area contributed by atoms with Gasteiger partial charge in [0.1, 0.15) is 17.7 Å².